The van der Waals surface area contributed by atoms with Gasteiger partial charge in [-0.15, -0.1) is 0 Å². The van der Waals surface area contributed by atoms with Crippen LogP contribution in [0.5, 0.6) is 5.88 Å². The Morgan fingerprint density at radius 3 is 2.50 bits per heavy atom. The lowest BCUT2D eigenvalue weighted by molar-refractivity contribution is -0.141. The van der Waals surface area contributed by atoms with Gasteiger partial charge in [-0.25, -0.2) is 13.1 Å². The fourth-order valence-electron chi connectivity index (χ4n) is 4.18. The Kier molecular flexibility index (Phi) is 7.89. The zero-order chi connectivity index (χ0) is 27.0. The molecule has 1 fully saturated rings. The molecule has 0 aliphatic heterocycles. The summed E-state index contributed by atoms with van der Waals surface area (Å²) in [6, 6.07) is 2.84. The Morgan fingerprint density at radius 1 is 1.33 bits per heavy atom. The highest BCUT2D eigenvalue weighted by atomic mass is 35.5. The number of aliphatic hydroxyl groups excluding tert-OH is 1. The number of benzene rings is 1. The molecule has 0 amide bonds. The molecular weight excluding hydrogens is 525 g/mol. The van der Waals surface area contributed by atoms with E-state index in [9.17, 15) is 36.3 Å². The highest BCUT2D eigenvalue weighted by Gasteiger charge is 2.35. The lowest BCUT2D eigenvalue weighted by atomic mass is 9.95. The van der Waals surface area contributed by atoms with Gasteiger partial charge in [0.15, 0.2) is 21.8 Å². The number of hydrogen-bond donors (Lipinski definition) is 1. The summed E-state index contributed by atoms with van der Waals surface area (Å²) in [5, 5.41) is 13.6. The number of carbonyl (C=O) groups excluding carboxylic acids is 2. The van der Waals surface area contributed by atoms with Crippen LogP contribution in [0.4, 0.5) is 13.2 Å². The molecule has 1 N–H and O–H groups in total. The van der Waals surface area contributed by atoms with Crippen molar-refractivity contribution in [2.75, 3.05) is 6.26 Å². The SMILES string of the molecule is CC1CCC(/C(O)=C(\C=O)C(=O)c2ccc(S(C)(=O)=O)c(COc3cc(C(F)(F)F)nn3C)c2Cl)C1. The highest BCUT2D eigenvalue weighted by Crippen LogP contribution is 2.37. The molecule has 1 saturated carbocycles. The van der Waals surface area contributed by atoms with Crippen LogP contribution in [0.25, 0.3) is 0 Å². The molecule has 196 valence electrons. The number of aldehydes is 1. The molecule has 0 bridgehead atoms. The van der Waals surface area contributed by atoms with Crippen molar-refractivity contribution in [3.8, 4) is 5.88 Å². The normalized spacial score (nSPS) is 19.2. The number of rotatable bonds is 8. The number of ether oxygens (including phenoxy) is 1. The predicted molar refractivity (Wildman–Crippen MR) is 124 cm³/mol. The lowest BCUT2D eigenvalue weighted by Gasteiger charge is -2.16. The number of Topliss-reactive ketones (excluding diaryl/α,β-unsaturated/α-hetero) is 1. The first-order valence-electron chi connectivity index (χ1n) is 10.8. The molecule has 1 heterocycles. The molecule has 36 heavy (non-hydrogen) atoms. The number of aliphatic hydroxyl groups is 1. The van der Waals surface area contributed by atoms with Crippen LogP contribution in [-0.4, -0.2) is 41.6 Å². The van der Waals surface area contributed by atoms with Gasteiger partial charge in [0.25, 0.3) is 0 Å². The van der Waals surface area contributed by atoms with Crippen LogP contribution in [-0.2, 0) is 34.5 Å². The molecule has 2 atom stereocenters. The van der Waals surface area contributed by atoms with Crippen molar-refractivity contribution in [3.63, 3.8) is 0 Å². The van der Waals surface area contributed by atoms with E-state index >= 15 is 0 Å². The third-order valence-corrected chi connectivity index (χ3v) is 7.67. The van der Waals surface area contributed by atoms with E-state index in [0.717, 1.165) is 29.5 Å². The number of alkyl halides is 3. The number of halogens is 4. The van der Waals surface area contributed by atoms with E-state index in [0.29, 0.717) is 24.8 Å². The maximum absolute atomic E-state index is 13.2. The second-order valence-corrected chi connectivity index (χ2v) is 11.2. The fourth-order valence-corrected chi connectivity index (χ4v) is 5.47. The monoisotopic (exact) mass is 548 g/mol. The zero-order valence-corrected chi connectivity index (χ0v) is 21.2. The van der Waals surface area contributed by atoms with Crippen molar-refractivity contribution in [1.29, 1.82) is 0 Å². The first-order chi connectivity index (χ1) is 16.6. The van der Waals surface area contributed by atoms with Crippen molar-refractivity contribution in [3.05, 3.63) is 51.4 Å². The highest BCUT2D eigenvalue weighted by molar-refractivity contribution is 7.90. The predicted octanol–water partition coefficient (Wildman–Crippen LogP) is 4.70. The van der Waals surface area contributed by atoms with Gasteiger partial charge in [-0.1, -0.05) is 18.5 Å². The number of aromatic nitrogens is 2. The minimum Gasteiger partial charge on any atom is -0.511 e. The van der Waals surface area contributed by atoms with Crippen LogP contribution in [0.15, 0.2) is 34.4 Å². The van der Waals surface area contributed by atoms with Crippen molar-refractivity contribution in [1.82, 2.24) is 9.78 Å². The van der Waals surface area contributed by atoms with Crippen molar-refractivity contribution in [2.45, 2.75) is 43.9 Å². The van der Waals surface area contributed by atoms with E-state index in [1.807, 2.05) is 6.92 Å². The van der Waals surface area contributed by atoms with Gasteiger partial charge in [-0.3, -0.25) is 9.59 Å². The number of sulfone groups is 1. The lowest BCUT2D eigenvalue weighted by Crippen LogP contribution is -2.15. The number of aryl methyl sites for hydroxylation is 1. The van der Waals surface area contributed by atoms with E-state index in [-0.39, 0.29) is 44.9 Å². The second-order valence-electron chi connectivity index (χ2n) is 8.81. The molecule has 2 aromatic rings. The number of allylic oxidation sites excluding steroid dienone is 2. The average Bonchev–Trinajstić information content (AvgIpc) is 3.37. The van der Waals surface area contributed by atoms with Crippen LogP contribution in [0.2, 0.25) is 5.02 Å². The first-order valence-corrected chi connectivity index (χ1v) is 13.1. The Hall–Kier alpha value is -2.86. The van der Waals surface area contributed by atoms with E-state index in [1.165, 1.54) is 7.05 Å². The number of hydrogen-bond acceptors (Lipinski definition) is 7. The van der Waals surface area contributed by atoms with Crippen molar-refractivity contribution < 1.29 is 41.0 Å². The molecule has 0 radical (unpaired) electrons. The van der Waals surface area contributed by atoms with E-state index in [4.69, 9.17) is 16.3 Å². The first kappa shape index (κ1) is 27.7. The van der Waals surface area contributed by atoms with Crippen LogP contribution >= 0.6 is 11.6 Å². The number of carbonyl (C=O) groups is 2. The Balaban J connectivity index is 2.02. The van der Waals surface area contributed by atoms with E-state index < -0.39 is 39.7 Å². The molecule has 1 aliphatic carbocycles. The molecule has 1 aromatic heterocycles. The molecule has 13 heteroatoms. The van der Waals surface area contributed by atoms with Crippen LogP contribution in [0.3, 0.4) is 0 Å². The maximum atomic E-state index is 13.2. The topological polar surface area (TPSA) is 116 Å². The van der Waals surface area contributed by atoms with Crippen molar-refractivity contribution in [2.24, 2.45) is 18.9 Å². The largest absolute Gasteiger partial charge is 0.511 e. The van der Waals surface area contributed by atoms with Gasteiger partial charge in [-0.2, -0.15) is 18.3 Å². The summed E-state index contributed by atoms with van der Waals surface area (Å²) in [5.41, 5.74) is -2.16. The standard InChI is InChI=1S/C23H24ClF3N2O6S/c1-12-4-5-13(8-12)21(31)15(10-30)22(32)14-6-7-17(36(3,33)34)16(20(14)24)11-35-19-9-18(23(25,26)27)28-29(19)2/h6-7,9-10,12-13,31H,4-5,8,11H2,1-3H3/b21-15-. The van der Waals surface area contributed by atoms with Gasteiger partial charge in [0.1, 0.15) is 17.9 Å². The molecular formula is C23H24ClF3N2O6S. The molecule has 2 unspecified atom stereocenters. The summed E-state index contributed by atoms with van der Waals surface area (Å²) >= 11 is 6.40. The maximum Gasteiger partial charge on any atom is 0.435 e. The average molecular weight is 549 g/mol. The minimum atomic E-state index is -4.72. The van der Waals surface area contributed by atoms with E-state index in [1.54, 1.807) is 0 Å². The molecule has 3 rings (SSSR count). The molecule has 8 nitrogen and oxygen atoms in total. The summed E-state index contributed by atoms with van der Waals surface area (Å²) < 4.78 is 69.7. The molecule has 0 spiro atoms. The summed E-state index contributed by atoms with van der Waals surface area (Å²) in [5.74, 6) is -1.64. The van der Waals surface area contributed by atoms with Gasteiger partial charge >= 0.3 is 6.18 Å². The minimum absolute atomic E-state index is 0.195. The Bertz CT molecular complexity index is 1330. The van der Waals surface area contributed by atoms with Gasteiger partial charge in [-0.05, 0) is 37.3 Å². The van der Waals surface area contributed by atoms with Gasteiger partial charge in [0, 0.05) is 36.4 Å². The smallest absolute Gasteiger partial charge is 0.435 e. The van der Waals surface area contributed by atoms with Crippen LogP contribution in [0.1, 0.15) is 47.8 Å². The van der Waals surface area contributed by atoms with Gasteiger partial charge in [0.2, 0.25) is 11.7 Å². The number of ketones is 1. The van der Waals surface area contributed by atoms with Crippen LogP contribution in [0, 0.1) is 11.8 Å². The quantitative estimate of drug-likeness (QED) is 0.127. The fraction of sp³-hybridized carbons (Fsp3) is 0.435. The Labute approximate surface area is 210 Å². The van der Waals surface area contributed by atoms with Gasteiger partial charge in [0.05, 0.1) is 9.92 Å². The summed E-state index contributed by atoms with van der Waals surface area (Å²) in [6.45, 7) is 1.37. The molecule has 1 aliphatic rings. The zero-order valence-electron chi connectivity index (χ0n) is 19.6. The van der Waals surface area contributed by atoms with Gasteiger partial charge < -0.3 is 9.84 Å². The van der Waals surface area contributed by atoms with E-state index in [2.05, 4.69) is 5.10 Å². The summed E-state index contributed by atoms with van der Waals surface area (Å²) in [6.07, 6.45) is -1.59. The molecule has 0 saturated heterocycles. The summed E-state index contributed by atoms with van der Waals surface area (Å²) in [7, 11) is -2.70. The summed E-state index contributed by atoms with van der Waals surface area (Å²) in [4.78, 5) is 24.6. The number of nitrogens with zero attached hydrogens (tertiary/aromatic N) is 2. The third-order valence-electron chi connectivity index (χ3n) is 6.06. The van der Waals surface area contributed by atoms with Crippen molar-refractivity contribution >= 4 is 33.5 Å². The van der Waals surface area contributed by atoms with Crippen LogP contribution < -0.4 is 4.74 Å². The molecule has 1 aromatic carbocycles. The Morgan fingerprint density at radius 2 is 2.00 bits per heavy atom. The second kappa shape index (κ2) is 10.3. The third kappa shape index (κ3) is 5.75.